The van der Waals surface area contributed by atoms with Crippen LogP contribution in [-0.4, -0.2) is 36.8 Å². The highest BCUT2D eigenvalue weighted by molar-refractivity contribution is 7.91. The molecule has 0 spiro atoms. The van der Waals surface area contributed by atoms with Gasteiger partial charge in [-0.1, -0.05) is 29.8 Å². The van der Waals surface area contributed by atoms with Crippen molar-refractivity contribution in [1.29, 1.82) is 0 Å². The van der Waals surface area contributed by atoms with Gasteiger partial charge in [0.15, 0.2) is 9.84 Å². The first-order valence-corrected chi connectivity index (χ1v) is 10.7. The summed E-state index contributed by atoms with van der Waals surface area (Å²) < 4.78 is 25.5. The van der Waals surface area contributed by atoms with Crippen molar-refractivity contribution in [3.8, 4) is 0 Å². The molecule has 1 aromatic heterocycles. The smallest absolute Gasteiger partial charge is 0.152 e. The number of nitrogens with zero attached hydrogens (tertiary/aromatic N) is 2. The molecule has 0 radical (unpaired) electrons. The minimum Gasteiger partial charge on any atom is -0.330 e. The minimum atomic E-state index is -2.90. The molecule has 0 saturated carbocycles. The van der Waals surface area contributed by atoms with Crippen LogP contribution in [0.15, 0.2) is 24.3 Å². The van der Waals surface area contributed by atoms with Crippen LogP contribution >= 0.6 is 0 Å². The molecule has 1 aliphatic rings. The molecule has 3 rings (SSSR count). The Balaban J connectivity index is 1.73. The number of rotatable bonds is 5. The molecule has 1 unspecified atom stereocenters. The van der Waals surface area contributed by atoms with E-state index in [1.54, 1.807) is 0 Å². The summed E-state index contributed by atoms with van der Waals surface area (Å²) in [6.07, 6.45) is 0.676. The van der Waals surface area contributed by atoms with Gasteiger partial charge in [0.1, 0.15) is 13.1 Å². The van der Waals surface area contributed by atoms with Crippen LogP contribution in [0.5, 0.6) is 0 Å². The number of hydrogen-bond donors (Lipinski definition) is 1. The third-order valence-corrected chi connectivity index (χ3v) is 6.88. The Morgan fingerprint density at radius 3 is 2.44 bits per heavy atom. The standard InChI is InChI=1S/C19H27N3O2S/c1-14-5-7-17(8-6-14)11-21(4)12-19-15(2)20-22(16(19)3)18-9-10-25(23,24)13-18/h5-8,18H,9-13H2,1-4H3/p+1/t18-/m0/s1. The van der Waals surface area contributed by atoms with Crippen molar-refractivity contribution in [2.45, 2.75) is 46.3 Å². The van der Waals surface area contributed by atoms with Gasteiger partial charge in [-0.05, 0) is 27.2 Å². The van der Waals surface area contributed by atoms with Crippen LogP contribution in [0.4, 0.5) is 0 Å². The molecule has 136 valence electrons. The van der Waals surface area contributed by atoms with Crippen LogP contribution in [0.1, 0.15) is 40.5 Å². The van der Waals surface area contributed by atoms with E-state index in [-0.39, 0.29) is 17.5 Å². The number of nitrogens with one attached hydrogen (secondary N) is 1. The molecule has 1 saturated heterocycles. The zero-order chi connectivity index (χ0) is 18.2. The van der Waals surface area contributed by atoms with Gasteiger partial charge >= 0.3 is 0 Å². The molecule has 2 heterocycles. The second kappa shape index (κ2) is 6.92. The molecule has 0 bridgehead atoms. The number of sulfone groups is 1. The van der Waals surface area contributed by atoms with Crippen LogP contribution in [-0.2, 0) is 22.9 Å². The summed E-state index contributed by atoms with van der Waals surface area (Å²) in [5.74, 6) is 0.504. The predicted molar refractivity (Wildman–Crippen MR) is 99.5 cm³/mol. The topological polar surface area (TPSA) is 56.4 Å². The van der Waals surface area contributed by atoms with Gasteiger partial charge in [0.05, 0.1) is 35.9 Å². The maximum Gasteiger partial charge on any atom is 0.152 e. The van der Waals surface area contributed by atoms with E-state index in [0.29, 0.717) is 6.42 Å². The van der Waals surface area contributed by atoms with Gasteiger partial charge in [0.2, 0.25) is 0 Å². The SMILES string of the molecule is Cc1ccc(C[NH+](C)Cc2c(C)nn([C@H]3CCS(=O)(=O)C3)c2C)cc1. The molecule has 0 aliphatic carbocycles. The van der Waals surface area contributed by atoms with E-state index < -0.39 is 9.84 Å². The number of hydrogen-bond acceptors (Lipinski definition) is 3. The van der Waals surface area contributed by atoms with Gasteiger partial charge < -0.3 is 4.90 Å². The molecule has 1 aromatic carbocycles. The van der Waals surface area contributed by atoms with Crippen LogP contribution in [0.3, 0.4) is 0 Å². The predicted octanol–water partition coefficient (Wildman–Crippen LogP) is 1.38. The lowest BCUT2D eigenvalue weighted by molar-refractivity contribution is -0.907. The zero-order valence-corrected chi connectivity index (χ0v) is 16.4. The van der Waals surface area contributed by atoms with Gasteiger partial charge in [-0.3, -0.25) is 4.68 Å². The third-order valence-electron chi connectivity index (χ3n) is 5.13. The fraction of sp³-hybridized carbons (Fsp3) is 0.526. The summed E-state index contributed by atoms with van der Waals surface area (Å²) in [4.78, 5) is 1.40. The maximum absolute atomic E-state index is 11.8. The number of quaternary nitrogens is 1. The van der Waals surface area contributed by atoms with E-state index in [9.17, 15) is 8.42 Å². The lowest BCUT2D eigenvalue weighted by atomic mass is 10.1. The number of benzene rings is 1. The van der Waals surface area contributed by atoms with Crippen molar-refractivity contribution in [2.75, 3.05) is 18.6 Å². The normalized spacial score (nSPS) is 20.7. The first-order valence-electron chi connectivity index (χ1n) is 8.87. The number of aryl methyl sites for hydroxylation is 2. The Hall–Kier alpha value is -1.66. The average molecular weight is 363 g/mol. The van der Waals surface area contributed by atoms with E-state index in [4.69, 9.17) is 0 Å². The van der Waals surface area contributed by atoms with Gasteiger partial charge in [-0.25, -0.2) is 8.42 Å². The van der Waals surface area contributed by atoms with Crippen LogP contribution < -0.4 is 4.90 Å². The summed E-state index contributed by atoms with van der Waals surface area (Å²) in [5, 5.41) is 4.67. The van der Waals surface area contributed by atoms with E-state index >= 15 is 0 Å². The summed E-state index contributed by atoms with van der Waals surface area (Å²) >= 11 is 0. The summed E-state index contributed by atoms with van der Waals surface area (Å²) in [5.41, 5.74) is 5.98. The van der Waals surface area contributed by atoms with Crippen molar-refractivity contribution in [3.63, 3.8) is 0 Å². The molecule has 1 aliphatic heterocycles. The largest absolute Gasteiger partial charge is 0.330 e. The lowest BCUT2D eigenvalue weighted by Crippen LogP contribution is -3.06. The second-order valence-electron chi connectivity index (χ2n) is 7.45. The molecule has 1 fully saturated rings. The highest BCUT2D eigenvalue weighted by Crippen LogP contribution is 2.26. The highest BCUT2D eigenvalue weighted by atomic mass is 32.2. The Bertz CT molecular complexity index is 854. The Labute approximate surface area is 150 Å². The molecule has 25 heavy (non-hydrogen) atoms. The maximum atomic E-state index is 11.8. The van der Waals surface area contributed by atoms with Crippen molar-refractivity contribution in [1.82, 2.24) is 9.78 Å². The molecule has 0 amide bonds. The van der Waals surface area contributed by atoms with Gasteiger partial charge in [-0.15, -0.1) is 0 Å². The summed E-state index contributed by atoms with van der Waals surface area (Å²) in [6, 6.07) is 8.67. The fourth-order valence-electron chi connectivity index (χ4n) is 3.70. The Morgan fingerprint density at radius 1 is 1.16 bits per heavy atom. The first kappa shape index (κ1) is 18.1. The van der Waals surface area contributed by atoms with E-state index in [1.807, 2.05) is 11.6 Å². The summed E-state index contributed by atoms with van der Waals surface area (Å²) in [7, 11) is -0.707. The van der Waals surface area contributed by atoms with Crippen molar-refractivity contribution in [2.24, 2.45) is 0 Å². The third kappa shape index (κ3) is 4.12. The molecule has 5 nitrogen and oxygen atoms in total. The molecular formula is C19H28N3O2S+. The zero-order valence-electron chi connectivity index (χ0n) is 15.5. The molecule has 6 heteroatoms. The van der Waals surface area contributed by atoms with Crippen molar-refractivity contribution in [3.05, 3.63) is 52.3 Å². The second-order valence-corrected chi connectivity index (χ2v) is 9.68. The molecule has 2 aromatic rings. The van der Waals surface area contributed by atoms with Crippen molar-refractivity contribution < 1.29 is 13.3 Å². The fourth-order valence-corrected chi connectivity index (χ4v) is 5.39. The molecule has 2 atom stereocenters. The summed E-state index contributed by atoms with van der Waals surface area (Å²) in [6.45, 7) is 8.05. The first-order chi connectivity index (χ1) is 11.7. The minimum absolute atomic E-state index is 0.00476. The van der Waals surface area contributed by atoms with Crippen LogP contribution in [0.2, 0.25) is 0 Å². The lowest BCUT2D eigenvalue weighted by Gasteiger charge is -2.15. The van der Waals surface area contributed by atoms with Gasteiger partial charge in [-0.2, -0.15) is 5.10 Å². The molecule has 1 N–H and O–H groups in total. The highest BCUT2D eigenvalue weighted by Gasteiger charge is 2.31. The number of aromatic nitrogens is 2. The average Bonchev–Trinajstić information content (AvgIpc) is 3.03. The monoisotopic (exact) mass is 362 g/mol. The van der Waals surface area contributed by atoms with Crippen LogP contribution in [0.25, 0.3) is 0 Å². The van der Waals surface area contributed by atoms with E-state index in [2.05, 4.69) is 50.3 Å². The van der Waals surface area contributed by atoms with Crippen LogP contribution in [0, 0.1) is 20.8 Å². The van der Waals surface area contributed by atoms with E-state index in [1.165, 1.54) is 21.6 Å². The van der Waals surface area contributed by atoms with Gasteiger partial charge in [0.25, 0.3) is 0 Å². The van der Waals surface area contributed by atoms with E-state index in [0.717, 1.165) is 24.5 Å². The Morgan fingerprint density at radius 2 is 1.84 bits per heavy atom. The quantitative estimate of drug-likeness (QED) is 0.874. The van der Waals surface area contributed by atoms with Gasteiger partial charge in [0, 0.05) is 11.3 Å². The molecular weight excluding hydrogens is 334 g/mol. The van der Waals surface area contributed by atoms with Crippen molar-refractivity contribution >= 4 is 9.84 Å². The Kier molecular flexibility index (Phi) is 5.02.